The van der Waals surface area contributed by atoms with E-state index in [9.17, 15) is 14.7 Å². The zero-order chi connectivity index (χ0) is 16.6. The van der Waals surface area contributed by atoms with E-state index in [0.717, 1.165) is 5.56 Å². The van der Waals surface area contributed by atoms with Crippen molar-refractivity contribution < 1.29 is 14.7 Å². The highest BCUT2D eigenvalue weighted by atomic mass is 35.5. The molecule has 1 aromatic heterocycles. The van der Waals surface area contributed by atoms with E-state index >= 15 is 0 Å². The molecule has 0 bridgehead atoms. The third kappa shape index (κ3) is 2.84. The van der Waals surface area contributed by atoms with Crippen molar-refractivity contribution in [1.82, 2.24) is 9.88 Å². The Balaban J connectivity index is 1.88. The molecule has 3 rings (SSSR count). The Morgan fingerprint density at radius 1 is 1.43 bits per heavy atom. The van der Waals surface area contributed by atoms with Gasteiger partial charge in [-0.2, -0.15) is 0 Å². The molecule has 7 heteroatoms. The Kier molecular flexibility index (Phi) is 4.12. The zero-order valence-corrected chi connectivity index (χ0v) is 14.0. The summed E-state index contributed by atoms with van der Waals surface area (Å²) in [7, 11) is 0. The van der Waals surface area contributed by atoms with Crippen LogP contribution in [0.2, 0.25) is 5.02 Å². The first-order chi connectivity index (χ1) is 10.9. The highest BCUT2D eigenvalue weighted by Gasteiger charge is 2.46. The van der Waals surface area contributed by atoms with Crippen molar-refractivity contribution in [3.63, 3.8) is 0 Å². The van der Waals surface area contributed by atoms with Crippen LogP contribution in [0, 0.1) is 0 Å². The van der Waals surface area contributed by atoms with Crippen LogP contribution in [-0.2, 0) is 4.79 Å². The summed E-state index contributed by atoms with van der Waals surface area (Å²) in [6, 6.07) is 7.25. The number of aliphatic carboxylic acids is 1. The first kappa shape index (κ1) is 16.0. The fraction of sp³-hybridized carbons (Fsp3) is 0.312. The number of rotatable bonds is 3. The fourth-order valence-electron chi connectivity index (χ4n) is 2.78. The van der Waals surface area contributed by atoms with Gasteiger partial charge in [0.05, 0.1) is 0 Å². The summed E-state index contributed by atoms with van der Waals surface area (Å²) in [5.74, 6) is -1.31. The number of hydrogen-bond donors (Lipinski definition) is 1. The molecule has 1 saturated heterocycles. The van der Waals surface area contributed by atoms with E-state index in [4.69, 9.17) is 11.6 Å². The molecule has 1 amide bonds. The molecular formula is C16H15ClN2O3S. The van der Waals surface area contributed by atoms with Crippen LogP contribution >= 0.6 is 22.9 Å². The third-order valence-electron chi connectivity index (χ3n) is 4.14. The average molecular weight is 351 g/mol. The number of likely N-dealkylation sites (tertiary alicyclic amines) is 1. The van der Waals surface area contributed by atoms with Gasteiger partial charge in [0.2, 0.25) is 0 Å². The van der Waals surface area contributed by atoms with Crippen LogP contribution in [0.4, 0.5) is 0 Å². The van der Waals surface area contributed by atoms with Gasteiger partial charge in [0.1, 0.15) is 16.2 Å². The molecule has 120 valence electrons. The van der Waals surface area contributed by atoms with Crippen molar-refractivity contribution in [2.24, 2.45) is 0 Å². The summed E-state index contributed by atoms with van der Waals surface area (Å²) in [4.78, 5) is 29.9. The first-order valence-electron chi connectivity index (χ1n) is 7.18. The Hall–Kier alpha value is -1.92. The van der Waals surface area contributed by atoms with Crippen LogP contribution in [0.25, 0.3) is 10.6 Å². The minimum atomic E-state index is -1.16. The zero-order valence-electron chi connectivity index (χ0n) is 12.5. The van der Waals surface area contributed by atoms with Gasteiger partial charge >= 0.3 is 5.97 Å². The number of carboxylic acid groups (broad SMARTS) is 1. The number of halogens is 1. The van der Waals surface area contributed by atoms with Crippen LogP contribution < -0.4 is 0 Å². The Bertz CT molecular complexity index is 776. The molecule has 1 aliphatic rings. The minimum Gasteiger partial charge on any atom is -0.480 e. The van der Waals surface area contributed by atoms with E-state index in [1.807, 2.05) is 12.1 Å². The van der Waals surface area contributed by atoms with Crippen LogP contribution in [0.1, 0.15) is 30.3 Å². The summed E-state index contributed by atoms with van der Waals surface area (Å²) < 4.78 is 0. The molecule has 1 fully saturated rings. The average Bonchev–Trinajstić information content (AvgIpc) is 3.14. The summed E-state index contributed by atoms with van der Waals surface area (Å²) in [6.07, 6.45) is 1.14. The van der Waals surface area contributed by atoms with Crippen LogP contribution in [0.15, 0.2) is 29.6 Å². The molecule has 2 aromatic rings. The summed E-state index contributed by atoms with van der Waals surface area (Å²) in [6.45, 7) is 2.02. The maximum absolute atomic E-state index is 12.7. The molecule has 0 saturated carbocycles. The van der Waals surface area contributed by atoms with Gasteiger partial charge in [-0.15, -0.1) is 11.3 Å². The molecule has 23 heavy (non-hydrogen) atoms. The molecule has 2 heterocycles. The van der Waals surface area contributed by atoms with Gasteiger partial charge in [0, 0.05) is 22.5 Å². The highest BCUT2D eigenvalue weighted by Crippen LogP contribution is 2.32. The van der Waals surface area contributed by atoms with E-state index in [0.29, 0.717) is 29.4 Å². The van der Waals surface area contributed by atoms with Crippen molar-refractivity contribution in [3.8, 4) is 10.6 Å². The molecule has 5 nitrogen and oxygen atoms in total. The lowest BCUT2D eigenvalue weighted by Crippen LogP contribution is -2.50. The minimum absolute atomic E-state index is 0.277. The van der Waals surface area contributed by atoms with Gasteiger partial charge in [0.25, 0.3) is 5.91 Å². The van der Waals surface area contributed by atoms with Gasteiger partial charge in [-0.1, -0.05) is 23.7 Å². The highest BCUT2D eigenvalue weighted by molar-refractivity contribution is 7.13. The van der Waals surface area contributed by atoms with E-state index < -0.39 is 11.5 Å². The van der Waals surface area contributed by atoms with Crippen molar-refractivity contribution in [2.75, 3.05) is 6.54 Å². The number of amides is 1. The fourth-order valence-corrected chi connectivity index (χ4v) is 3.76. The van der Waals surface area contributed by atoms with Crippen molar-refractivity contribution in [3.05, 3.63) is 40.4 Å². The second kappa shape index (κ2) is 5.94. The van der Waals surface area contributed by atoms with Gasteiger partial charge in [-0.3, -0.25) is 4.79 Å². The molecular weight excluding hydrogens is 336 g/mol. The van der Waals surface area contributed by atoms with Crippen molar-refractivity contribution >= 4 is 34.8 Å². The molecule has 0 aliphatic carbocycles. The Labute approximate surface area is 142 Å². The molecule has 0 radical (unpaired) electrons. The van der Waals surface area contributed by atoms with Crippen LogP contribution in [0.3, 0.4) is 0 Å². The lowest BCUT2D eigenvalue weighted by Gasteiger charge is -2.30. The number of thiazole rings is 1. The number of nitrogens with zero attached hydrogens (tertiary/aromatic N) is 2. The topological polar surface area (TPSA) is 70.5 Å². The lowest BCUT2D eigenvalue weighted by atomic mass is 9.99. The molecule has 1 atom stereocenters. The molecule has 1 N–H and O–H groups in total. The smallest absolute Gasteiger partial charge is 0.329 e. The standard InChI is InChI=1S/C16H15ClN2O3S/c1-16(15(21)22)6-3-7-19(16)14(20)12-9-23-13(18-12)10-4-2-5-11(17)8-10/h2,4-5,8-9H,3,6-7H2,1H3,(H,21,22). The number of hydrogen-bond acceptors (Lipinski definition) is 4. The largest absolute Gasteiger partial charge is 0.480 e. The number of carbonyl (C=O) groups excluding carboxylic acids is 1. The van der Waals surface area contributed by atoms with Crippen LogP contribution in [-0.4, -0.2) is 39.0 Å². The summed E-state index contributed by atoms with van der Waals surface area (Å²) in [5.41, 5.74) is -0.0417. The SMILES string of the molecule is CC1(C(=O)O)CCCN1C(=O)c1csc(-c2cccc(Cl)c2)n1. The number of benzene rings is 1. The van der Waals surface area contributed by atoms with Crippen molar-refractivity contribution in [1.29, 1.82) is 0 Å². The quantitative estimate of drug-likeness (QED) is 0.919. The van der Waals surface area contributed by atoms with E-state index in [2.05, 4.69) is 4.98 Å². The molecule has 0 spiro atoms. The van der Waals surface area contributed by atoms with Gasteiger partial charge in [-0.05, 0) is 31.9 Å². The number of carbonyl (C=O) groups is 2. The van der Waals surface area contributed by atoms with Gasteiger partial charge < -0.3 is 10.0 Å². The van der Waals surface area contributed by atoms with E-state index in [-0.39, 0.29) is 11.6 Å². The maximum atomic E-state index is 12.7. The first-order valence-corrected chi connectivity index (χ1v) is 8.44. The second-order valence-electron chi connectivity index (χ2n) is 5.69. The van der Waals surface area contributed by atoms with E-state index in [1.165, 1.54) is 16.2 Å². The molecule has 1 aliphatic heterocycles. The van der Waals surface area contributed by atoms with E-state index in [1.54, 1.807) is 24.4 Å². The number of aromatic nitrogens is 1. The van der Waals surface area contributed by atoms with Crippen LogP contribution in [0.5, 0.6) is 0 Å². The van der Waals surface area contributed by atoms with Gasteiger partial charge in [-0.25, -0.2) is 9.78 Å². The molecule has 1 unspecified atom stereocenters. The maximum Gasteiger partial charge on any atom is 0.329 e. The lowest BCUT2D eigenvalue weighted by molar-refractivity contribution is -0.147. The number of carboxylic acids is 1. The Morgan fingerprint density at radius 2 is 2.22 bits per heavy atom. The molecule has 1 aromatic carbocycles. The predicted octanol–water partition coefficient (Wildman–Crippen LogP) is 3.54. The van der Waals surface area contributed by atoms with Gasteiger partial charge in [0.15, 0.2) is 0 Å². The normalized spacial score (nSPS) is 20.7. The third-order valence-corrected chi connectivity index (χ3v) is 5.27. The predicted molar refractivity (Wildman–Crippen MR) is 88.9 cm³/mol. The summed E-state index contributed by atoms with van der Waals surface area (Å²) in [5, 5.41) is 12.4. The Morgan fingerprint density at radius 3 is 2.91 bits per heavy atom. The second-order valence-corrected chi connectivity index (χ2v) is 6.98. The van der Waals surface area contributed by atoms with Crippen molar-refractivity contribution in [2.45, 2.75) is 25.3 Å². The summed E-state index contributed by atoms with van der Waals surface area (Å²) >= 11 is 7.32. The monoisotopic (exact) mass is 350 g/mol.